The van der Waals surface area contributed by atoms with Crippen molar-refractivity contribution in [3.63, 3.8) is 0 Å². The molecule has 0 fully saturated rings. The van der Waals surface area contributed by atoms with Crippen LogP contribution in [0.2, 0.25) is 5.02 Å². The summed E-state index contributed by atoms with van der Waals surface area (Å²) in [4.78, 5) is 26.9. The number of halogens is 1. The molecule has 0 aliphatic heterocycles. The molecule has 110 valence electrons. The second-order valence-corrected chi connectivity index (χ2v) is 4.97. The quantitative estimate of drug-likeness (QED) is 0.832. The van der Waals surface area contributed by atoms with Gasteiger partial charge < -0.3 is 5.32 Å². The normalized spacial score (nSPS) is 10.4. The van der Waals surface area contributed by atoms with Crippen LogP contribution in [0.1, 0.15) is 30.1 Å². The summed E-state index contributed by atoms with van der Waals surface area (Å²) in [5, 5.41) is 7.04. The maximum Gasteiger partial charge on any atom is 0.224 e. The Morgan fingerprint density at radius 2 is 2.19 bits per heavy atom. The van der Waals surface area contributed by atoms with Crippen molar-refractivity contribution in [1.29, 1.82) is 0 Å². The maximum atomic E-state index is 11.8. The Labute approximate surface area is 127 Å². The molecule has 0 spiro atoms. The number of amides is 1. The second kappa shape index (κ2) is 6.99. The lowest BCUT2D eigenvalue weighted by Crippen LogP contribution is -2.12. The van der Waals surface area contributed by atoms with Crippen LogP contribution < -0.4 is 5.32 Å². The predicted octanol–water partition coefficient (Wildman–Crippen LogP) is 2.55. The number of carbonyl (C=O) groups excluding carboxylic acids is 2. The number of Topliss-reactive ketones (excluding diaryl/α,β-unsaturated/α-hetero) is 1. The van der Waals surface area contributed by atoms with E-state index in [1.807, 2.05) is 0 Å². The van der Waals surface area contributed by atoms with Gasteiger partial charge in [-0.15, -0.1) is 0 Å². The summed E-state index contributed by atoms with van der Waals surface area (Å²) in [6.45, 7) is 2.08. The van der Waals surface area contributed by atoms with Gasteiger partial charge in [-0.3, -0.25) is 14.3 Å². The highest BCUT2D eigenvalue weighted by Crippen LogP contribution is 2.21. The molecule has 1 aromatic carbocycles. The van der Waals surface area contributed by atoms with Crippen molar-refractivity contribution in [3.05, 3.63) is 41.4 Å². The van der Waals surface area contributed by atoms with Gasteiger partial charge in [-0.1, -0.05) is 11.6 Å². The van der Waals surface area contributed by atoms with E-state index in [0.29, 0.717) is 35.7 Å². The molecule has 1 heterocycles. The molecule has 0 unspecified atom stereocenters. The molecule has 7 heteroatoms. The third-order valence-corrected chi connectivity index (χ3v) is 3.20. The van der Waals surface area contributed by atoms with Gasteiger partial charge in [-0.05, 0) is 31.5 Å². The minimum absolute atomic E-state index is 0.106. The fraction of sp³-hybridized carbons (Fsp3) is 0.286. The monoisotopic (exact) mass is 306 g/mol. The smallest absolute Gasteiger partial charge is 0.224 e. The second-order valence-electron chi connectivity index (χ2n) is 4.56. The number of aryl methyl sites for hydroxylation is 1. The standard InChI is InChI=1S/C14H15ClN4O2/c1-10(20)12-5-4-11(7-13(12)15)18-14(21)3-2-6-19-9-16-8-17-19/h4-5,7-9H,2-3,6H2,1H3,(H,18,21). The van der Waals surface area contributed by atoms with Gasteiger partial charge in [0.2, 0.25) is 5.91 Å². The number of aromatic nitrogens is 3. The van der Waals surface area contributed by atoms with Crippen molar-refractivity contribution in [2.75, 3.05) is 5.32 Å². The molecule has 6 nitrogen and oxygen atoms in total. The average Bonchev–Trinajstić information content (AvgIpc) is 2.91. The molecule has 0 aliphatic rings. The lowest BCUT2D eigenvalue weighted by atomic mass is 10.1. The maximum absolute atomic E-state index is 11.8. The molecule has 1 aromatic heterocycles. The molecule has 1 amide bonds. The minimum Gasteiger partial charge on any atom is -0.326 e. The van der Waals surface area contributed by atoms with Gasteiger partial charge in [-0.2, -0.15) is 5.10 Å². The van der Waals surface area contributed by atoms with Crippen molar-refractivity contribution in [1.82, 2.24) is 14.8 Å². The molecule has 0 atom stereocenters. The molecule has 21 heavy (non-hydrogen) atoms. The number of nitrogens with one attached hydrogen (secondary N) is 1. The summed E-state index contributed by atoms with van der Waals surface area (Å²) in [5.74, 6) is -0.215. The van der Waals surface area contributed by atoms with Gasteiger partial charge in [0.1, 0.15) is 12.7 Å². The van der Waals surface area contributed by atoms with Crippen LogP contribution >= 0.6 is 11.6 Å². The first-order valence-corrected chi connectivity index (χ1v) is 6.87. The lowest BCUT2D eigenvalue weighted by Gasteiger charge is -2.07. The van der Waals surface area contributed by atoms with E-state index in [-0.39, 0.29) is 11.7 Å². The van der Waals surface area contributed by atoms with E-state index < -0.39 is 0 Å². The van der Waals surface area contributed by atoms with Crippen LogP contribution in [-0.4, -0.2) is 26.5 Å². The topological polar surface area (TPSA) is 76.9 Å². The molecule has 2 aromatic rings. The van der Waals surface area contributed by atoms with Crippen molar-refractivity contribution < 1.29 is 9.59 Å². The Balaban J connectivity index is 1.85. The van der Waals surface area contributed by atoms with E-state index >= 15 is 0 Å². The van der Waals surface area contributed by atoms with Gasteiger partial charge in [0.05, 0.1) is 5.02 Å². The van der Waals surface area contributed by atoms with Crippen LogP contribution in [0.25, 0.3) is 0 Å². The van der Waals surface area contributed by atoms with Gasteiger partial charge >= 0.3 is 0 Å². The van der Waals surface area contributed by atoms with Gasteiger partial charge in [-0.25, -0.2) is 4.98 Å². The predicted molar refractivity (Wildman–Crippen MR) is 79.3 cm³/mol. The van der Waals surface area contributed by atoms with Gasteiger partial charge in [0.25, 0.3) is 0 Å². The first kappa shape index (κ1) is 15.2. The third-order valence-electron chi connectivity index (χ3n) is 2.89. The van der Waals surface area contributed by atoms with E-state index in [0.717, 1.165) is 0 Å². The number of hydrogen-bond donors (Lipinski definition) is 1. The summed E-state index contributed by atoms with van der Waals surface area (Å²) >= 11 is 5.99. The largest absolute Gasteiger partial charge is 0.326 e. The van der Waals surface area contributed by atoms with Crippen LogP contribution in [-0.2, 0) is 11.3 Å². The van der Waals surface area contributed by atoms with E-state index in [2.05, 4.69) is 15.4 Å². The van der Waals surface area contributed by atoms with Crippen LogP contribution in [0.3, 0.4) is 0 Å². The molecule has 0 bridgehead atoms. The first-order chi connectivity index (χ1) is 10.1. The molecular formula is C14H15ClN4O2. The number of nitrogens with zero attached hydrogens (tertiary/aromatic N) is 3. The molecular weight excluding hydrogens is 292 g/mol. The Kier molecular flexibility index (Phi) is 5.05. The molecule has 0 aliphatic carbocycles. The fourth-order valence-electron chi connectivity index (χ4n) is 1.85. The highest BCUT2D eigenvalue weighted by atomic mass is 35.5. The highest BCUT2D eigenvalue weighted by molar-refractivity contribution is 6.34. The molecule has 0 saturated heterocycles. The lowest BCUT2D eigenvalue weighted by molar-refractivity contribution is -0.116. The number of hydrogen-bond acceptors (Lipinski definition) is 4. The summed E-state index contributed by atoms with van der Waals surface area (Å²) in [6.07, 6.45) is 4.09. The SMILES string of the molecule is CC(=O)c1ccc(NC(=O)CCCn2cncn2)cc1Cl. The number of ketones is 1. The van der Waals surface area contributed by atoms with E-state index in [1.165, 1.54) is 13.3 Å². The number of anilines is 1. The zero-order chi connectivity index (χ0) is 15.2. The van der Waals surface area contributed by atoms with Crippen molar-refractivity contribution in [2.24, 2.45) is 0 Å². The van der Waals surface area contributed by atoms with Crippen molar-refractivity contribution in [2.45, 2.75) is 26.3 Å². The van der Waals surface area contributed by atoms with E-state index in [1.54, 1.807) is 29.2 Å². The van der Waals surface area contributed by atoms with Gasteiger partial charge in [0, 0.05) is 24.2 Å². The number of benzene rings is 1. The van der Waals surface area contributed by atoms with Crippen LogP contribution in [0.4, 0.5) is 5.69 Å². The average molecular weight is 307 g/mol. The summed E-state index contributed by atoms with van der Waals surface area (Å²) < 4.78 is 1.67. The summed E-state index contributed by atoms with van der Waals surface area (Å²) in [6, 6.07) is 4.85. The van der Waals surface area contributed by atoms with Crippen LogP contribution in [0.15, 0.2) is 30.9 Å². The fourth-order valence-corrected chi connectivity index (χ4v) is 2.17. The first-order valence-electron chi connectivity index (χ1n) is 6.49. The molecule has 0 radical (unpaired) electrons. The third kappa shape index (κ3) is 4.39. The molecule has 2 rings (SSSR count). The number of carbonyl (C=O) groups is 2. The summed E-state index contributed by atoms with van der Waals surface area (Å²) in [5.41, 5.74) is 1.02. The van der Waals surface area contributed by atoms with Crippen molar-refractivity contribution in [3.8, 4) is 0 Å². The van der Waals surface area contributed by atoms with Crippen LogP contribution in [0, 0.1) is 0 Å². The molecule has 0 saturated carbocycles. The zero-order valence-electron chi connectivity index (χ0n) is 11.5. The van der Waals surface area contributed by atoms with E-state index in [4.69, 9.17) is 11.6 Å². The van der Waals surface area contributed by atoms with Gasteiger partial charge in [0.15, 0.2) is 5.78 Å². The van der Waals surface area contributed by atoms with Crippen molar-refractivity contribution >= 4 is 29.0 Å². The Morgan fingerprint density at radius 1 is 1.38 bits per heavy atom. The van der Waals surface area contributed by atoms with E-state index in [9.17, 15) is 9.59 Å². The minimum atomic E-state index is -0.109. The summed E-state index contributed by atoms with van der Waals surface area (Å²) in [7, 11) is 0. The Hall–Kier alpha value is -2.21. The highest BCUT2D eigenvalue weighted by Gasteiger charge is 2.08. The molecule has 1 N–H and O–H groups in total. The Bertz CT molecular complexity index is 640. The van der Waals surface area contributed by atoms with Crippen LogP contribution in [0.5, 0.6) is 0 Å². The zero-order valence-corrected chi connectivity index (χ0v) is 12.3. The number of rotatable bonds is 6. The Morgan fingerprint density at radius 3 is 2.81 bits per heavy atom.